The Kier molecular flexibility index (Phi) is 4.70. The first-order valence-electron chi connectivity index (χ1n) is 7.20. The van der Waals surface area contributed by atoms with Crippen LogP contribution in [0.2, 0.25) is 10.0 Å². The van der Waals surface area contributed by atoms with Gasteiger partial charge in [-0.15, -0.1) is 0 Å². The molecule has 2 aromatic carbocycles. The van der Waals surface area contributed by atoms with E-state index in [1.54, 1.807) is 25.3 Å². The van der Waals surface area contributed by atoms with Crippen molar-refractivity contribution in [2.75, 3.05) is 14.2 Å². The van der Waals surface area contributed by atoms with Crippen LogP contribution in [-0.4, -0.2) is 30.3 Å². The van der Waals surface area contributed by atoms with E-state index < -0.39 is 5.97 Å². The van der Waals surface area contributed by atoms with Crippen LogP contribution in [0.25, 0.3) is 22.2 Å². The average molecular weight is 378 g/mol. The van der Waals surface area contributed by atoms with Gasteiger partial charge in [-0.1, -0.05) is 23.2 Å². The molecule has 0 saturated heterocycles. The summed E-state index contributed by atoms with van der Waals surface area (Å²) in [6.45, 7) is 0. The fourth-order valence-electron chi connectivity index (χ4n) is 2.58. The van der Waals surface area contributed by atoms with Gasteiger partial charge in [0.2, 0.25) is 0 Å². The van der Waals surface area contributed by atoms with Gasteiger partial charge in [0.25, 0.3) is 0 Å². The molecule has 0 aliphatic rings. The van der Waals surface area contributed by atoms with Gasteiger partial charge in [0, 0.05) is 16.0 Å². The van der Waals surface area contributed by atoms with Crippen molar-refractivity contribution in [3.63, 3.8) is 0 Å². The van der Waals surface area contributed by atoms with Crippen LogP contribution in [0.3, 0.4) is 0 Å². The van der Waals surface area contributed by atoms with Crippen molar-refractivity contribution in [3.8, 4) is 22.8 Å². The van der Waals surface area contributed by atoms with Crippen molar-refractivity contribution in [2.24, 2.45) is 0 Å². The number of ether oxygens (including phenoxy) is 2. The second kappa shape index (κ2) is 6.78. The summed E-state index contributed by atoms with van der Waals surface area (Å²) in [5.41, 5.74) is 1.40. The van der Waals surface area contributed by atoms with Crippen molar-refractivity contribution < 1.29 is 19.4 Å². The lowest BCUT2D eigenvalue weighted by atomic mass is 10.0. The maximum Gasteiger partial charge on any atom is 0.336 e. The molecule has 128 valence electrons. The quantitative estimate of drug-likeness (QED) is 0.698. The van der Waals surface area contributed by atoms with Gasteiger partial charge in [-0.2, -0.15) is 0 Å². The van der Waals surface area contributed by atoms with E-state index in [-0.39, 0.29) is 10.6 Å². The second-order valence-electron chi connectivity index (χ2n) is 5.21. The number of benzene rings is 2. The first-order valence-corrected chi connectivity index (χ1v) is 7.95. The highest BCUT2D eigenvalue weighted by Gasteiger charge is 2.18. The third-order valence-electron chi connectivity index (χ3n) is 3.74. The van der Waals surface area contributed by atoms with E-state index in [1.807, 2.05) is 0 Å². The van der Waals surface area contributed by atoms with Gasteiger partial charge in [-0.3, -0.25) is 0 Å². The molecule has 0 aliphatic heterocycles. The Morgan fingerprint density at radius 3 is 2.48 bits per heavy atom. The van der Waals surface area contributed by atoms with E-state index in [9.17, 15) is 9.90 Å². The zero-order valence-corrected chi connectivity index (χ0v) is 14.9. The lowest BCUT2D eigenvalue weighted by Crippen LogP contribution is -2.01. The number of methoxy groups -OCH3 is 2. The number of halogens is 2. The average Bonchev–Trinajstić information content (AvgIpc) is 2.60. The highest BCUT2D eigenvalue weighted by Crippen LogP contribution is 2.36. The van der Waals surface area contributed by atoms with Gasteiger partial charge in [-0.05, 0) is 36.4 Å². The number of aromatic nitrogens is 1. The molecule has 3 rings (SSSR count). The molecule has 1 heterocycles. The topological polar surface area (TPSA) is 68.7 Å². The SMILES string of the molecule is COc1ccc(OC)c(-c2cc(C(=O)O)c3cc(Cl)cc(Cl)c3n2)c1. The lowest BCUT2D eigenvalue weighted by molar-refractivity contribution is 0.0699. The molecule has 7 heteroatoms. The molecule has 0 spiro atoms. The molecule has 0 fully saturated rings. The number of fused-ring (bicyclic) bond motifs is 1. The molecule has 0 unspecified atom stereocenters. The minimum Gasteiger partial charge on any atom is -0.497 e. The number of carboxylic acid groups (broad SMARTS) is 1. The van der Waals surface area contributed by atoms with E-state index >= 15 is 0 Å². The zero-order valence-electron chi connectivity index (χ0n) is 13.3. The fraction of sp³-hybridized carbons (Fsp3) is 0.111. The lowest BCUT2D eigenvalue weighted by Gasteiger charge is -2.13. The van der Waals surface area contributed by atoms with Crippen molar-refractivity contribution in [1.82, 2.24) is 4.98 Å². The highest BCUT2D eigenvalue weighted by molar-refractivity contribution is 6.38. The Bertz CT molecular complexity index is 988. The molecule has 0 atom stereocenters. The molecule has 0 bridgehead atoms. The first kappa shape index (κ1) is 17.3. The van der Waals surface area contributed by atoms with Gasteiger partial charge in [0.05, 0.1) is 36.0 Å². The van der Waals surface area contributed by atoms with Crippen molar-refractivity contribution in [1.29, 1.82) is 0 Å². The molecule has 0 aliphatic carbocycles. The van der Waals surface area contributed by atoms with Crippen LogP contribution in [-0.2, 0) is 0 Å². The number of hydrogen-bond donors (Lipinski definition) is 1. The summed E-state index contributed by atoms with van der Waals surface area (Å²) in [7, 11) is 3.07. The third kappa shape index (κ3) is 3.21. The van der Waals surface area contributed by atoms with E-state index in [0.29, 0.717) is 38.7 Å². The van der Waals surface area contributed by atoms with Gasteiger partial charge < -0.3 is 14.6 Å². The van der Waals surface area contributed by atoms with Crippen LogP contribution < -0.4 is 9.47 Å². The summed E-state index contributed by atoms with van der Waals surface area (Å²) >= 11 is 12.2. The number of rotatable bonds is 4. The van der Waals surface area contributed by atoms with E-state index in [2.05, 4.69) is 4.98 Å². The largest absolute Gasteiger partial charge is 0.497 e. The normalized spacial score (nSPS) is 10.7. The molecule has 25 heavy (non-hydrogen) atoms. The Balaban J connectivity index is 2.37. The molecule has 3 aromatic rings. The summed E-state index contributed by atoms with van der Waals surface area (Å²) in [5, 5.41) is 10.6. The van der Waals surface area contributed by atoms with Crippen LogP contribution in [0.15, 0.2) is 36.4 Å². The Morgan fingerprint density at radius 2 is 1.84 bits per heavy atom. The molecule has 0 radical (unpaired) electrons. The maximum absolute atomic E-state index is 11.7. The number of pyridine rings is 1. The molecule has 1 aromatic heterocycles. The first-order chi connectivity index (χ1) is 11.9. The number of carbonyl (C=O) groups is 1. The van der Waals surface area contributed by atoms with Crippen LogP contribution in [0, 0.1) is 0 Å². The summed E-state index contributed by atoms with van der Waals surface area (Å²) in [5.74, 6) is 0.0275. The predicted octanol–water partition coefficient (Wildman–Crippen LogP) is 4.92. The summed E-state index contributed by atoms with van der Waals surface area (Å²) in [6.07, 6.45) is 0. The minimum atomic E-state index is -1.10. The monoisotopic (exact) mass is 377 g/mol. The zero-order chi connectivity index (χ0) is 18.1. The minimum absolute atomic E-state index is 0.0503. The van der Waals surface area contributed by atoms with Gasteiger partial charge in [0.15, 0.2) is 0 Å². The molecule has 0 amide bonds. The number of carboxylic acids is 1. The van der Waals surface area contributed by atoms with Crippen LogP contribution >= 0.6 is 23.2 Å². The van der Waals surface area contributed by atoms with Gasteiger partial charge in [0.1, 0.15) is 11.5 Å². The van der Waals surface area contributed by atoms with Gasteiger partial charge >= 0.3 is 5.97 Å². The van der Waals surface area contributed by atoms with Crippen molar-refractivity contribution in [2.45, 2.75) is 0 Å². The summed E-state index contributed by atoms with van der Waals surface area (Å²) in [4.78, 5) is 16.3. The maximum atomic E-state index is 11.7. The third-order valence-corrected chi connectivity index (χ3v) is 4.25. The standard InChI is InChI=1S/C18H13Cl2NO4/c1-24-10-3-4-16(25-2)13(7-10)15-8-12(18(22)23)11-5-9(19)6-14(20)17(11)21-15/h3-8H,1-2H3,(H,22,23). The van der Waals surface area contributed by atoms with E-state index in [4.69, 9.17) is 32.7 Å². The van der Waals surface area contributed by atoms with Gasteiger partial charge in [-0.25, -0.2) is 9.78 Å². The van der Waals surface area contributed by atoms with Crippen molar-refractivity contribution in [3.05, 3.63) is 52.0 Å². The Hall–Kier alpha value is -2.50. The molecular weight excluding hydrogens is 365 g/mol. The number of hydrogen-bond acceptors (Lipinski definition) is 4. The van der Waals surface area contributed by atoms with E-state index in [0.717, 1.165) is 0 Å². The molecule has 0 saturated carbocycles. The van der Waals surface area contributed by atoms with E-state index in [1.165, 1.54) is 25.3 Å². The van der Waals surface area contributed by atoms with Crippen LogP contribution in [0.1, 0.15) is 10.4 Å². The summed E-state index contributed by atoms with van der Waals surface area (Å²) < 4.78 is 10.6. The summed E-state index contributed by atoms with van der Waals surface area (Å²) in [6, 6.07) is 9.72. The number of aromatic carboxylic acids is 1. The second-order valence-corrected chi connectivity index (χ2v) is 6.05. The van der Waals surface area contributed by atoms with Crippen molar-refractivity contribution >= 4 is 40.1 Å². The number of nitrogens with zero attached hydrogens (tertiary/aromatic N) is 1. The highest BCUT2D eigenvalue weighted by atomic mass is 35.5. The van der Waals surface area contributed by atoms with Crippen LogP contribution in [0.5, 0.6) is 11.5 Å². The molecule has 5 nitrogen and oxygen atoms in total. The fourth-order valence-corrected chi connectivity index (χ4v) is 3.12. The Labute approximate surface area is 153 Å². The van der Waals surface area contributed by atoms with Crippen LogP contribution in [0.4, 0.5) is 0 Å². The molecular formula is C18H13Cl2NO4. The predicted molar refractivity (Wildman–Crippen MR) is 97.3 cm³/mol. The smallest absolute Gasteiger partial charge is 0.336 e. The molecule has 1 N–H and O–H groups in total. The Morgan fingerprint density at radius 1 is 1.08 bits per heavy atom.